The van der Waals surface area contributed by atoms with Crippen LogP contribution >= 0.6 is 0 Å². The SMILES string of the molecule is c1ccc(-c2nc3ccccc3c3oc4c5ccccc5n(-c5ccc(-c6cc(-c7ccccn7)nc(-c7ccccn7)c6)cc5)c4c23)cc1. The molecule has 0 amide bonds. The maximum absolute atomic E-state index is 6.87. The van der Waals surface area contributed by atoms with Gasteiger partial charge in [0.1, 0.15) is 11.1 Å². The van der Waals surface area contributed by atoms with Crippen molar-refractivity contribution in [3.63, 3.8) is 0 Å². The molecular formula is C44H27N5O. The zero-order valence-electron chi connectivity index (χ0n) is 26.7. The molecule has 0 saturated heterocycles. The number of pyridine rings is 4. The quantitative estimate of drug-likeness (QED) is 0.187. The van der Waals surface area contributed by atoms with Gasteiger partial charge in [0.25, 0.3) is 0 Å². The molecule has 0 saturated carbocycles. The van der Waals surface area contributed by atoms with Gasteiger partial charge in [-0.1, -0.05) is 78.9 Å². The van der Waals surface area contributed by atoms with Crippen molar-refractivity contribution in [2.45, 2.75) is 0 Å². The van der Waals surface area contributed by atoms with E-state index in [1.54, 1.807) is 12.4 Å². The van der Waals surface area contributed by atoms with E-state index in [9.17, 15) is 0 Å². The number of aromatic nitrogens is 5. The van der Waals surface area contributed by atoms with E-state index in [-0.39, 0.29) is 0 Å². The molecule has 6 heteroatoms. The van der Waals surface area contributed by atoms with Crippen molar-refractivity contribution in [2.24, 2.45) is 0 Å². The number of hydrogen-bond donors (Lipinski definition) is 0. The predicted octanol–water partition coefficient (Wildman–Crippen LogP) is 10.9. The first-order valence-electron chi connectivity index (χ1n) is 16.6. The topological polar surface area (TPSA) is 69.6 Å². The Balaban J connectivity index is 1.20. The first-order chi connectivity index (χ1) is 24.8. The Morgan fingerprint density at radius 2 is 1.10 bits per heavy atom. The maximum Gasteiger partial charge on any atom is 0.161 e. The predicted molar refractivity (Wildman–Crippen MR) is 201 cm³/mol. The summed E-state index contributed by atoms with van der Waals surface area (Å²) in [6.07, 6.45) is 3.59. The lowest BCUT2D eigenvalue weighted by atomic mass is 10.0. The van der Waals surface area contributed by atoms with Crippen LogP contribution < -0.4 is 0 Å². The molecule has 0 aliphatic rings. The largest absolute Gasteiger partial charge is 0.453 e. The van der Waals surface area contributed by atoms with Crippen molar-refractivity contribution in [3.05, 3.63) is 164 Å². The third-order valence-corrected chi connectivity index (χ3v) is 9.30. The molecule has 0 fully saturated rings. The number of hydrogen-bond acceptors (Lipinski definition) is 5. The summed E-state index contributed by atoms with van der Waals surface area (Å²) in [7, 11) is 0. The average Bonchev–Trinajstić information content (AvgIpc) is 3.74. The number of furan rings is 1. The number of nitrogens with zero attached hydrogens (tertiary/aromatic N) is 5. The van der Waals surface area contributed by atoms with Crippen LogP contribution in [-0.4, -0.2) is 24.5 Å². The van der Waals surface area contributed by atoms with Crippen LogP contribution in [0.25, 0.3) is 94.7 Å². The minimum Gasteiger partial charge on any atom is -0.453 e. The van der Waals surface area contributed by atoms with Gasteiger partial charge in [-0.05, 0) is 83.9 Å². The molecule has 50 heavy (non-hydrogen) atoms. The van der Waals surface area contributed by atoms with Crippen molar-refractivity contribution < 1.29 is 4.42 Å². The highest BCUT2D eigenvalue weighted by Crippen LogP contribution is 2.44. The second-order valence-corrected chi connectivity index (χ2v) is 12.3. The molecule has 10 aromatic rings. The van der Waals surface area contributed by atoms with E-state index in [1.807, 2.05) is 54.6 Å². The number of rotatable bonds is 5. The lowest BCUT2D eigenvalue weighted by molar-refractivity contribution is 0.676. The molecule has 0 radical (unpaired) electrons. The number of fused-ring (bicyclic) bond motifs is 7. The van der Waals surface area contributed by atoms with Crippen molar-refractivity contribution in [1.82, 2.24) is 24.5 Å². The van der Waals surface area contributed by atoms with E-state index in [0.717, 1.165) is 94.7 Å². The highest BCUT2D eigenvalue weighted by atomic mass is 16.3. The second-order valence-electron chi connectivity index (χ2n) is 12.3. The molecule has 4 aromatic carbocycles. The van der Waals surface area contributed by atoms with Gasteiger partial charge in [-0.25, -0.2) is 9.97 Å². The summed E-state index contributed by atoms with van der Waals surface area (Å²) in [6.45, 7) is 0. The molecule has 0 aliphatic carbocycles. The lowest BCUT2D eigenvalue weighted by Gasteiger charge is -2.12. The number of benzene rings is 4. The molecule has 0 unspecified atom stereocenters. The minimum absolute atomic E-state index is 0.795. The molecule has 6 heterocycles. The fourth-order valence-electron chi connectivity index (χ4n) is 7.01. The van der Waals surface area contributed by atoms with Crippen molar-refractivity contribution in [2.75, 3.05) is 0 Å². The minimum atomic E-state index is 0.795. The van der Waals surface area contributed by atoms with Crippen LogP contribution in [0.5, 0.6) is 0 Å². The van der Waals surface area contributed by atoms with Gasteiger partial charge in [-0.3, -0.25) is 9.97 Å². The van der Waals surface area contributed by atoms with E-state index in [4.69, 9.17) is 14.4 Å². The fourth-order valence-corrected chi connectivity index (χ4v) is 7.01. The van der Waals surface area contributed by atoms with Crippen LogP contribution in [-0.2, 0) is 0 Å². The lowest BCUT2D eigenvalue weighted by Crippen LogP contribution is -1.96. The molecular weight excluding hydrogens is 615 g/mol. The van der Waals surface area contributed by atoms with Crippen molar-refractivity contribution in [3.8, 4) is 50.8 Å². The number of para-hydroxylation sites is 2. The van der Waals surface area contributed by atoms with E-state index >= 15 is 0 Å². The second kappa shape index (κ2) is 11.4. The van der Waals surface area contributed by atoms with Gasteiger partial charge in [0.2, 0.25) is 0 Å². The van der Waals surface area contributed by atoms with Gasteiger partial charge < -0.3 is 8.98 Å². The van der Waals surface area contributed by atoms with E-state index in [1.165, 1.54) is 0 Å². The Morgan fingerprint density at radius 1 is 0.460 bits per heavy atom. The standard InChI is InChI=1S/C44H27N5O/c1-2-12-29(13-3-1)41-40-42-44(50-43(40)32-14-4-6-16-34(32)48-41)33-15-5-7-19-39(33)49(42)31-22-20-28(21-23-31)30-26-37(35-17-8-10-24-45-35)47-38(27-30)36-18-9-11-25-46-36/h1-27H. The first kappa shape index (κ1) is 28.1. The zero-order valence-corrected chi connectivity index (χ0v) is 26.7. The van der Waals surface area contributed by atoms with E-state index in [2.05, 4.69) is 112 Å². The molecule has 0 atom stereocenters. The molecule has 0 N–H and O–H groups in total. The molecule has 6 nitrogen and oxygen atoms in total. The van der Waals surface area contributed by atoms with Crippen LogP contribution in [0.2, 0.25) is 0 Å². The van der Waals surface area contributed by atoms with Crippen LogP contribution in [0.15, 0.2) is 168 Å². The molecule has 0 aliphatic heterocycles. The van der Waals surface area contributed by atoms with Gasteiger partial charge in [-0.15, -0.1) is 0 Å². The molecule has 10 rings (SSSR count). The normalized spacial score (nSPS) is 11.6. The van der Waals surface area contributed by atoms with Crippen molar-refractivity contribution >= 4 is 43.9 Å². The Bertz CT molecular complexity index is 2780. The van der Waals surface area contributed by atoms with Crippen molar-refractivity contribution in [1.29, 1.82) is 0 Å². The van der Waals surface area contributed by atoms with Crippen LogP contribution in [0.3, 0.4) is 0 Å². The Hall–Kier alpha value is -6.92. The fraction of sp³-hybridized carbons (Fsp3) is 0. The summed E-state index contributed by atoms with van der Waals surface area (Å²) in [5, 5.41) is 3.05. The molecule has 6 aromatic heterocycles. The van der Waals surface area contributed by atoms with Crippen LogP contribution in [0.4, 0.5) is 0 Å². The summed E-state index contributed by atoms with van der Waals surface area (Å²) in [5.41, 5.74) is 13.0. The van der Waals surface area contributed by atoms with Gasteiger partial charge in [-0.2, -0.15) is 0 Å². The Morgan fingerprint density at radius 3 is 1.80 bits per heavy atom. The van der Waals surface area contributed by atoms with E-state index < -0.39 is 0 Å². The molecule has 0 spiro atoms. The highest BCUT2D eigenvalue weighted by molar-refractivity contribution is 6.24. The van der Waals surface area contributed by atoms with Gasteiger partial charge in [0, 0.05) is 34.4 Å². The first-order valence-corrected chi connectivity index (χ1v) is 16.6. The average molecular weight is 642 g/mol. The highest BCUT2D eigenvalue weighted by Gasteiger charge is 2.24. The molecule has 0 bridgehead atoms. The molecule has 234 valence electrons. The monoisotopic (exact) mass is 641 g/mol. The third-order valence-electron chi connectivity index (χ3n) is 9.30. The maximum atomic E-state index is 6.87. The smallest absolute Gasteiger partial charge is 0.161 e. The summed E-state index contributed by atoms with van der Waals surface area (Å²) in [5.74, 6) is 0. The summed E-state index contributed by atoms with van der Waals surface area (Å²) < 4.78 is 9.18. The third kappa shape index (κ3) is 4.50. The Kier molecular flexibility index (Phi) is 6.39. The summed E-state index contributed by atoms with van der Waals surface area (Å²) in [6, 6.07) is 51.7. The van der Waals surface area contributed by atoms with Crippen LogP contribution in [0.1, 0.15) is 0 Å². The summed E-state index contributed by atoms with van der Waals surface area (Å²) >= 11 is 0. The zero-order chi connectivity index (χ0) is 33.0. The summed E-state index contributed by atoms with van der Waals surface area (Å²) in [4.78, 5) is 19.4. The van der Waals surface area contributed by atoms with Gasteiger partial charge in [0.15, 0.2) is 5.58 Å². The van der Waals surface area contributed by atoms with Gasteiger partial charge >= 0.3 is 0 Å². The Labute approximate surface area is 287 Å². The van der Waals surface area contributed by atoms with Crippen LogP contribution in [0, 0.1) is 0 Å². The van der Waals surface area contributed by atoms with Gasteiger partial charge in [0.05, 0.1) is 44.9 Å². The van der Waals surface area contributed by atoms with E-state index in [0.29, 0.717) is 0 Å².